The van der Waals surface area contributed by atoms with E-state index in [9.17, 15) is 0 Å². The van der Waals surface area contributed by atoms with Gasteiger partial charge in [-0.05, 0) is 25.0 Å². The van der Waals surface area contributed by atoms with Gasteiger partial charge in [-0.3, -0.25) is 0 Å². The van der Waals surface area contributed by atoms with Crippen molar-refractivity contribution in [2.75, 3.05) is 13.1 Å². The zero-order valence-electron chi connectivity index (χ0n) is 12.3. The van der Waals surface area contributed by atoms with Gasteiger partial charge >= 0.3 is 0 Å². The molecule has 2 aliphatic heterocycles. The lowest BCUT2D eigenvalue weighted by molar-refractivity contribution is -0.522. The summed E-state index contributed by atoms with van der Waals surface area (Å²) in [5.41, 5.74) is 2.79. The molecule has 20 heavy (non-hydrogen) atoms. The van der Waals surface area contributed by atoms with E-state index in [1.54, 1.807) is 0 Å². The minimum atomic E-state index is 0.0977. The predicted octanol–water partition coefficient (Wildman–Crippen LogP) is 4.22. The molecule has 1 saturated heterocycles. The summed E-state index contributed by atoms with van der Waals surface area (Å²) in [6.45, 7) is 7.05. The van der Waals surface area contributed by atoms with Crippen molar-refractivity contribution in [3.63, 3.8) is 0 Å². The molecule has 2 nitrogen and oxygen atoms in total. The Morgan fingerprint density at radius 3 is 2.35 bits per heavy atom. The van der Waals surface area contributed by atoms with Gasteiger partial charge in [-0.25, -0.2) is 0 Å². The van der Waals surface area contributed by atoms with Crippen LogP contribution in [-0.2, 0) is 0 Å². The summed E-state index contributed by atoms with van der Waals surface area (Å²) in [4.78, 5) is 2.54. The van der Waals surface area contributed by atoms with Gasteiger partial charge in [0, 0.05) is 55.9 Å². The van der Waals surface area contributed by atoms with Gasteiger partial charge in [0.2, 0.25) is 5.69 Å². The van der Waals surface area contributed by atoms with Crippen molar-refractivity contribution >= 4 is 23.5 Å². The predicted molar refractivity (Wildman–Crippen MR) is 85.0 cm³/mol. The Kier molecular flexibility index (Phi) is 3.59. The quantitative estimate of drug-likeness (QED) is 0.739. The largest absolute Gasteiger partial charge is 0.374 e. The van der Waals surface area contributed by atoms with Crippen LogP contribution in [0.1, 0.15) is 33.1 Å². The second kappa shape index (κ2) is 5.25. The lowest BCUT2D eigenvalue weighted by atomic mass is 9.93. The SMILES string of the molecule is CC1(C)CC(N2CCCC2)=CC=[N+]1c1ccc(Cl)cc1. The molecule has 0 spiro atoms. The van der Waals surface area contributed by atoms with Gasteiger partial charge in [0.1, 0.15) is 0 Å². The molecule has 2 heterocycles. The van der Waals surface area contributed by atoms with Crippen molar-refractivity contribution in [3.8, 4) is 0 Å². The van der Waals surface area contributed by atoms with E-state index in [0.29, 0.717) is 0 Å². The number of rotatable bonds is 2. The molecule has 0 aromatic heterocycles. The number of benzene rings is 1. The van der Waals surface area contributed by atoms with Crippen LogP contribution < -0.4 is 0 Å². The van der Waals surface area contributed by atoms with Crippen LogP contribution in [0.25, 0.3) is 0 Å². The average Bonchev–Trinajstić information content (AvgIpc) is 2.93. The van der Waals surface area contributed by atoms with Gasteiger partial charge in [-0.2, -0.15) is 4.58 Å². The molecule has 0 N–H and O–H groups in total. The molecule has 1 fully saturated rings. The van der Waals surface area contributed by atoms with Crippen molar-refractivity contribution < 1.29 is 4.58 Å². The average molecular weight is 290 g/mol. The molecule has 106 valence electrons. The van der Waals surface area contributed by atoms with Crippen molar-refractivity contribution in [2.45, 2.75) is 38.6 Å². The van der Waals surface area contributed by atoms with E-state index in [0.717, 1.165) is 11.4 Å². The van der Waals surface area contributed by atoms with Gasteiger partial charge in [0.15, 0.2) is 11.8 Å². The number of hydrogen-bond donors (Lipinski definition) is 0. The summed E-state index contributed by atoms with van der Waals surface area (Å²) in [7, 11) is 0. The van der Waals surface area contributed by atoms with Gasteiger partial charge in [-0.1, -0.05) is 11.6 Å². The highest BCUT2D eigenvalue weighted by molar-refractivity contribution is 6.30. The smallest absolute Gasteiger partial charge is 0.205 e. The molecular weight excluding hydrogens is 268 g/mol. The van der Waals surface area contributed by atoms with E-state index in [-0.39, 0.29) is 5.54 Å². The highest BCUT2D eigenvalue weighted by Gasteiger charge is 2.37. The van der Waals surface area contributed by atoms with Gasteiger partial charge in [0.05, 0.1) is 6.42 Å². The van der Waals surface area contributed by atoms with Crippen molar-refractivity contribution in [1.29, 1.82) is 0 Å². The summed E-state index contributed by atoms with van der Waals surface area (Å²) >= 11 is 5.98. The van der Waals surface area contributed by atoms with Crippen LogP contribution >= 0.6 is 11.6 Å². The molecule has 1 aromatic carbocycles. The minimum Gasteiger partial charge on any atom is -0.374 e. The maximum absolute atomic E-state index is 5.98. The molecule has 0 aliphatic carbocycles. The van der Waals surface area contributed by atoms with Gasteiger partial charge in [-0.15, -0.1) is 0 Å². The number of allylic oxidation sites excluding steroid dienone is 1. The molecule has 0 amide bonds. The number of halogens is 1. The maximum Gasteiger partial charge on any atom is 0.205 e. The molecule has 0 atom stereocenters. The van der Waals surface area contributed by atoms with E-state index in [2.05, 4.69) is 47.7 Å². The number of likely N-dealkylation sites (tertiary alicyclic amines) is 1. The number of hydrogen-bond acceptors (Lipinski definition) is 1. The second-order valence-corrected chi connectivity index (χ2v) is 6.77. The van der Waals surface area contributed by atoms with Crippen LogP contribution in [0.15, 0.2) is 36.0 Å². The Morgan fingerprint density at radius 2 is 1.75 bits per heavy atom. The van der Waals surface area contributed by atoms with E-state index in [1.807, 2.05) is 12.1 Å². The van der Waals surface area contributed by atoms with E-state index in [4.69, 9.17) is 11.6 Å². The third-order valence-electron chi connectivity index (χ3n) is 4.30. The second-order valence-electron chi connectivity index (χ2n) is 6.34. The Bertz CT molecular complexity index is 549. The zero-order valence-corrected chi connectivity index (χ0v) is 13.0. The Labute approximate surface area is 126 Å². The first kappa shape index (κ1) is 13.7. The van der Waals surface area contributed by atoms with Crippen LogP contribution in [0.5, 0.6) is 0 Å². The standard InChI is InChI=1S/C17H22ClN2/c1-17(2)13-16(19-10-3-4-11-19)9-12-20(17)15-7-5-14(18)6-8-15/h5-9,12H,3-4,10-11,13H2,1-2H3/q+1. The lowest BCUT2D eigenvalue weighted by Crippen LogP contribution is -2.39. The van der Waals surface area contributed by atoms with Crippen molar-refractivity contribution in [3.05, 3.63) is 41.1 Å². The third-order valence-corrected chi connectivity index (χ3v) is 4.55. The summed E-state index contributed by atoms with van der Waals surface area (Å²) in [6, 6.07) is 8.10. The lowest BCUT2D eigenvalue weighted by Gasteiger charge is -2.31. The van der Waals surface area contributed by atoms with E-state index in [1.165, 1.54) is 37.3 Å². The highest BCUT2D eigenvalue weighted by Crippen LogP contribution is 2.32. The van der Waals surface area contributed by atoms with E-state index >= 15 is 0 Å². The Hall–Kier alpha value is -1.28. The van der Waals surface area contributed by atoms with Crippen LogP contribution in [0.3, 0.4) is 0 Å². The third kappa shape index (κ3) is 2.62. The topological polar surface area (TPSA) is 6.25 Å². The molecule has 3 heteroatoms. The fourth-order valence-corrected chi connectivity index (χ4v) is 3.33. The summed E-state index contributed by atoms with van der Waals surface area (Å²) in [5.74, 6) is 0. The van der Waals surface area contributed by atoms with E-state index < -0.39 is 0 Å². The van der Waals surface area contributed by atoms with Crippen LogP contribution in [0.2, 0.25) is 5.02 Å². The molecule has 0 unspecified atom stereocenters. The first-order chi connectivity index (χ1) is 9.56. The first-order valence-electron chi connectivity index (χ1n) is 7.40. The molecule has 0 radical (unpaired) electrons. The maximum atomic E-state index is 5.98. The normalized spacial score (nSPS) is 21.6. The molecule has 0 bridgehead atoms. The first-order valence-corrected chi connectivity index (χ1v) is 7.78. The zero-order chi connectivity index (χ0) is 14.2. The summed E-state index contributed by atoms with van der Waals surface area (Å²) in [6.07, 6.45) is 8.26. The van der Waals surface area contributed by atoms with Crippen LogP contribution in [-0.4, -0.2) is 34.3 Å². The van der Waals surface area contributed by atoms with Gasteiger partial charge < -0.3 is 4.90 Å². The van der Waals surface area contributed by atoms with Crippen LogP contribution in [0, 0.1) is 0 Å². The molecular formula is C17H22ClN2+. The fraction of sp³-hybridized carbons (Fsp3) is 0.471. The van der Waals surface area contributed by atoms with Crippen LogP contribution in [0.4, 0.5) is 5.69 Å². The highest BCUT2D eigenvalue weighted by atomic mass is 35.5. The van der Waals surface area contributed by atoms with Gasteiger partial charge in [0.25, 0.3) is 0 Å². The Balaban J connectivity index is 1.91. The van der Waals surface area contributed by atoms with Crippen molar-refractivity contribution in [2.24, 2.45) is 0 Å². The molecule has 1 aromatic rings. The molecule has 3 rings (SSSR count). The Morgan fingerprint density at radius 1 is 1.10 bits per heavy atom. The van der Waals surface area contributed by atoms with Crippen molar-refractivity contribution in [1.82, 2.24) is 4.90 Å². The summed E-state index contributed by atoms with van der Waals surface area (Å²) < 4.78 is 2.35. The molecule has 2 aliphatic rings. The minimum absolute atomic E-state index is 0.0977. The fourth-order valence-electron chi connectivity index (χ4n) is 3.21. The molecule has 0 saturated carbocycles. The number of nitrogens with zero attached hydrogens (tertiary/aromatic N) is 2. The monoisotopic (exact) mass is 289 g/mol. The summed E-state index contributed by atoms with van der Waals surface area (Å²) in [5, 5.41) is 0.789.